The molecule has 0 N–H and O–H groups in total. The molecule has 0 unspecified atom stereocenters. The molecule has 0 amide bonds. The van der Waals surface area contributed by atoms with Crippen molar-refractivity contribution in [2.45, 2.75) is 0 Å². The van der Waals surface area contributed by atoms with E-state index in [9.17, 15) is 5.26 Å². The maximum absolute atomic E-state index is 9.37. The van der Waals surface area contributed by atoms with E-state index in [1.54, 1.807) is 12.3 Å². The number of hydrogen-bond donors (Lipinski definition) is 0. The standard InChI is InChI=1S/C41H25N3O/c42-25-27-13-15-36-37-16-14-30(24-41(37)45-40(36)18-27)32-19-33(31-12-7-17-43-26-31)21-35(20-32)39-23-34(28-8-3-1-4-9-28)22-38(44-39)29-10-5-2-6-11-29/h1-24,26H. The van der Waals surface area contributed by atoms with Crippen LogP contribution in [0.3, 0.4) is 0 Å². The normalized spacial score (nSPS) is 11.1. The van der Waals surface area contributed by atoms with Gasteiger partial charge in [0.15, 0.2) is 0 Å². The van der Waals surface area contributed by atoms with Gasteiger partial charge in [-0.2, -0.15) is 5.26 Å². The lowest BCUT2D eigenvalue weighted by molar-refractivity contribution is 0.669. The van der Waals surface area contributed by atoms with E-state index in [2.05, 4.69) is 102 Å². The van der Waals surface area contributed by atoms with E-state index in [-0.39, 0.29) is 0 Å². The molecule has 0 spiro atoms. The highest BCUT2D eigenvalue weighted by molar-refractivity contribution is 6.06. The molecule has 0 aliphatic rings. The number of aromatic nitrogens is 2. The summed E-state index contributed by atoms with van der Waals surface area (Å²) in [6.45, 7) is 0. The third-order valence-corrected chi connectivity index (χ3v) is 8.16. The van der Waals surface area contributed by atoms with Crippen LogP contribution in [0.4, 0.5) is 0 Å². The van der Waals surface area contributed by atoms with Gasteiger partial charge in [-0.05, 0) is 94.5 Å². The van der Waals surface area contributed by atoms with E-state index >= 15 is 0 Å². The largest absolute Gasteiger partial charge is 0.456 e. The summed E-state index contributed by atoms with van der Waals surface area (Å²) in [5, 5.41) is 11.4. The number of hydrogen-bond acceptors (Lipinski definition) is 4. The molecule has 4 nitrogen and oxygen atoms in total. The maximum Gasteiger partial charge on any atom is 0.136 e. The van der Waals surface area contributed by atoms with Gasteiger partial charge in [-0.1, -0.05) is 72.8 Å². The first-order valence-electron chi connectivity index (χ1n) is 14.8. The van der Waals surface area contributed by atoms with Gasteiger partial charge in [-0.25, -0.2) is 4.98 Å². The molecule has 3 aromatic heterocycles. The molecular formula is C41H25N3O. The zero-order valence-corrected chi connectivity index (χ0v) is 24.2. The van der Waals surface area contributed by atoms with Gasteiger partial charge in [-0.15, -0.1) is 0 Å². The monoisotopic (exact) mass is 575 g/mol. The summed E-state index contributed by atoms with van der Waals surface area (Å²) in [4.78, 5) is 9.60. The molecule has 8 rings (SSSR count). The fourth-order valence-corrected chi connectivity index (χ4v) is 5.90. The van der Waals surface area contributed by atoms with Crippen molar-refractivity contribution in [2.24, 2.45) is 0 Å². The van der Waals surface area contributed by atoms with Crippen LogP contribution in [0.1, 0.15) is 5.56 Å². The van der Waals surface area contributed by atoms with Crippen LogP contribution in [0.2, 0.25) is 0 Å². The molecule has 3 heterocycles. The first kappa shape index (κ1) is 26.3. The van der Waals surface area contributed by atoms with Crippen molar-refractivity contribution in [3.05, 3.63) is 157 Å². The number of pyridine rings is 2. The van der Waals surface area contributed by atoms with Gasteiger partial charge in [0.05, 0.1) is 23.0 Å². The lowest BCUT2D eigenvalue weighted by Crippen LogP contribution is -1.93. The van der Waals surface area contributed by atoms with Crippen LogP contribution >= 0.6 is 0 Å². The minimum atomic E-state index is 0.579. The topological polar surface area (TPSA) is 62.7 Å². The SMILES string of the molecule is N#Cc1ccc2c(c1)oc1cc(-c3cc(-c4cccnc4)cc(-c4cc(-c5ccccc5)cc(-c5ccccc5)n4)c3)ccc12. The average Bonchev–Trinajstić information content (AvgIpc) is 3.49. The zero-order valence-electron chi connectivity index (χ0n) is 24.2. The summed E-state index contributed by atoms with van der Waals surface area (Å²) in [6.07, 6.45) is 3.68. The molecule has 45 heavy (non-hydrogen) atoms. The molecule has 0 fully saturated rings. The highest BCUT2D eigenvalue weighted by Crippen LogP contribution is 2.37. The Balaban J connectivity index is 1.33. The fourth-order valence-electron chi connectivity index (χ4n) is 5.90. The fraction of sp³-hybridized carbons (Fsp3) is 0. The quantitative estimate of drug-likeness (QED) is 0.205. The first-order chi connectivity index (χ1) is 22.2. The molecule has 0 saturated carbocycles. The molecule has 8 aromatic rings. The van der Waals surface area contributed by atoms with Crippen LogP contribution in [0.25, 0.3) is 77.8 Å². The van der Waals surface area contributed by atoms with E-state index in [4.69, 9.17) is 9.40 Å². The number of nitriles is 1. The number of benzene rings is 5. The molecular weight excluding hydrogens is 550 g/mol. The maximum atomic E-state index is 9.37. The van der Waals surface area contributed by atoms with Gasteiger partial charge in [-0.3, -0.25) is 4.98 Å². The summed E-state index contributed by atoms with van der Waals surface area (Å²) >= 11 is 0. The van der Waals surface area contributed by atoms with Crippen molar-refractivity contribution in [3.63, 3.8) is 0 Å². The molecule has 4 heteroatoms. The van der Waals surface area contributed by atoms with Crippen molar-refractivity contribution >= 4 is 21.9 Å². The molecule has 5 aromatic carbocycles. The molecule has 0 bridgehead atoms. The van der Waals surface area contributed by atoms with Crippen molar-refractivity contribution in [1.29, 1.82) is 5.26 Å². The van der Waals surface area contributed by atoms with E-state index < -0.39 is 0 Å². The molecule has 0 atom stereocenters. The van der Waals surface area contributed by atoms with Crippen molar-refractivity contribution in [2.75, 3.05) is 0 Å². The number of rotatable bonds is 5. The van der Waals surface area contributed by atoms with Gasteiger partial charge in [0, 0.05) is 39.9 Å². The highest BCUT2D eigenvalue weighted by atomic mass is 16.3. The van der Waals surface area contributed by atoms with Gasteiger partial charge in [0.2, 0.25) is 0 Å². The Kier molecular flexibility index (Phi) is 6.48. The highest BCUT2D eigenvalue weighted by Gasteiger charge is 2.14. The summed E-state index contributed by atoms with van der Waals surface area (Å²) in [7, 11) is 0. The van der Waals surface area contributed by atoms with Crippen LogP contribution in [-0.4, -0.2) is 9.97 Å². The van der Waals surface area contributed by atoms with Crippen molar-refractivity contribution in [1.82, 2.24) is 9.97 Å². The first-order valence-corrected chi connectivity index (χ1v) is 14.8. The second kappa shape index (κ2) is 11.1. The van der Waals surface area contributed by atoms with Crippen LogP contribution in [0, 0.1) is 11.3 Å². The predicted octanol–water partition coefficient (Wildman–Crippen LogP) is 10.6. The summed E-state index contributed by atoms with van der Waals surface area (Å²) in [5.41, 5.74) is 12.3. The van der Waals surface area contributed by atoms with Crippen molar-refractivity contribution < 1.29 is 4.42 Å². The van der Waals surface area contributed by atoms with Gasteiger partial charge >= 0.3 is 0 Å². The molecule has 0 saturated heterocycles. The smallest absolute Gasteiger partial charge is 0.136 e. The van der Waals surface area contributed by atoms with E-state index in [0.29, 0.717) is 11.1 Å². The molecule has 0 aliphatic carbocycles. The molecule has 210 valence electrons. The summed E-state index contributed by atoms with van der Waals surface area (Å²) < 4.78 is 6.24. The number of furan rings is 1. The van der Waals surface area contributed by atoms with Crippen LogP contribution in [0.5, 0.6) is 0 Å². The Hall–Kier alpha value is -6.31. The van der Waals surface area contributed by atoms with Gasteiger partial charge < -0.3 is 4.42 Å². The third kappa shape index (κ3) is 5.03. The third-order valence-electron chi connectivity index (χ3n) is 8.16. The van der Waals surface area contributed by atoms with Crippen LogP contribution < -0.4 is 0 Å². The lowest BCUT2D eigenvalue weighted by Gasteiger charge is -2.14. The van der Waals surface area contributed by atoms with Crippen LogP contribution in [0.15, 0.2) is 156 Å². The van der Waals surface area contributed by atoms with Crippen LogP contribution in [-0.2, 0) is 0 Å². The minimum absolute atomic E-state index is 0.579. The minimum Gasteiger partial charge on any atom is -0.456 e. The van der Waals surface area contributed by atoms with E-state index in [1.807, 2.05) is 48.7 Å². The molecule has 0 aliphatic heterocycles. The lowest BCUT2D eigenvalue weighted by atomic mass is 9.93. The van der Waals surface area contributed by atoms with Crippen molar-refractivity contribution in [3.8, 4) is 62.0 Å². The van der Waals surface area contributed by atoms with E-state index in [1.165, 1.54) is 0 Å². The Bertz CT molecular complexity index is 2310. The van der Waals surface area contributed by atoms with E-state index in [0.717, 1.165) is 72.3 Å². The summed E-state index contributed by atoms with van der Waals surface area (Å²) in [5.74, 6) is 0. The second-order valence-corrected chi connectivity index (χ2v) is 11.0. The Morgan fingerprint density at radius 2 is 1.07 bits per heavy atom. The second-order valence-electron chi connectivity index (χ2n) is 11.0. The van der Waals surface area contributed by atoms with Gasteiger partial charge in [0.1, 0.15) is 11.2 Å². The Morgan fingerprint density at radius 1 is 0.467 bits per heavy atom. The number of nitrogens with zero attached hydrogens (tertiary/aromatic N) is 3. The van der Waals surface area contributed by atoms with Gasteiger partial charge in [0.25, 0.3) is 0 Å². The Morgan fingerprint density at radius 3 is 1.78 bits per heavy atom. The number of fused-ring (bicyclic) bond motifs is 3. The Labute approximate surface area is 260 Å². The average molecular weight is 576 g/mol. The predicted molar refractivity (Wildman–Crippen MR) is 181 cm³/mol. The zero-order chi connectivity index (χ0) is 30.2. The summed E-state index contributed by atoms with van der Waals surface area (Å²) in [6, 6.07) is 49.8. The molecule has 0 radical (unpaired) electrons.